The number of aryl methyl sites for hydroxylation is 1. The number of alkyl halides is 3. The van der Waals surface area contributed by atoms with Crippen molar-refractivity contribution in [3.05, 3.63) is 29.4 Å². The molecule has 31 heavy (non-hydrogen) atoms. The van der Waals surface area contributed by atoms with Crippen LogP contribution in [0.4, 0.5) is 13.2 Å². The summed E-state index contributed by atoms with van der Waals surface area (Å²) in [6.45, 7) is 4.45. The van der Waals surface area contributed by atoms with Gasteiger partial charge in [0.2, 0.25) is 11.8 Å². The standard InChI is InChI=1S/C19H25F3N6O3/c1-11-25-16(27-31-11)2-4-23-18(29)6-14-13-3-5-28(8-12(13)10-30-14)9-17-24-7-15(26-17)19(20,21)22/h7,12-14H,2-6,8-10H2,1H3,(H,23,29)(H,24,26)/t12-,13-,14+/m1/s1. The summed E-state index contributed by atoms with van der Waals surface area (Å²) in [6, 6.07) is 0. The number of aromatic amines is 1. The first-order valence-electron chi connectivity index (χ1n) is 10.3. The Morgan fingerprint density at radius 3 is 2.97 bits per heavy atom. The van der Waals surface area contributed by atoms with Gasteiger partial charge >= 0.3 is 6.18 Å². The van der Waals surface area contributed by atoms with Crippen molar-refractivity contribution in [3.8, 4) is 0 Å². The number of nitrogens with one attached hydrogen (secondary N) is 2. The molecular weight excluding hydrogens is 417 g/mol. The van der Waals surface area contributed by atoms with Crippen LogP contribution in [0.2, 0.25) is 0 Å². The van der Waals surface area contributed by atoms with Gasteiger partial charge in [-0.05, 0) is 18.9 Å². The Balaban J connectivity index is 1.21. The summed E-state index contributed by atoms with van der Waals surface area (Å²) < 4.78 is 49.0. The molecule has 0 spiro atoms. The van der Waals surface area contributed by atoms with Crippen LogP contribution in [-0.4, -0.2) is 63.3 Å². The third-order valence-electron chi connectivity index (χ3n) is 5.81. The number of hydrogen-bond donors (Lipinski definition) is 2. The number of piperidine rings is 1. The first-order chi connectivity index (χ1) is 14.8. The van der Waals surface area contributed by atoms with Crippen LogP contribution < -0.4 is 5.32 Å². The Hall–Kier alpha value is -2.47. The van der Waals surface area contributed by atoms with E-state index in [1.165, 1.54) is 0 Å². The maximum Gasteiger partial charge on any atom is 0.432 e. The van der Waals surface area contributed by atoms with Crippen LogP contribution in [0.5, 0.6) is 0 Å². The highest BCUT2D eigenvalue weighted by atomic mass is 19.4. The van der Waals surface area contributed by atoms with E-state index < -0.39 is 11.9 Å². The van der Waals surface area contributed by atoms with Crippen LogP contribution in [0.3, 0.4) is 0 Å². The maximum absolute atomic E-state index is 12.7. The Morgan fingerprint density at radius 2 is 2.26 bits per heavy atom. The summed E-state index contributed by atoms with van der Waals surface area (Å²) in [6.07, 6.45) is -2.11. The summed E-state index contributed by atoms with van der Waals surface area (Å²) in [5.74, 6) is 1.79. The van der Waals surface area contributed by atoms with Crippen LogP contribution in [0, 0.1) is 18.8 Å². The summed E-state index contributed by atoms with van der Waals surface area (Å²) in [4.78, 5) is 24.7. The molecule has 0 bridgehead atoms. The van der Waals surface area contributed by atoms with Gasteiger partial charge in [-0.2, -0.15) is 18.2 Å². The highest BCUT2D eigenvalue weighted by molar-refractivity contribution is 5.76. The zero-order chi connectivity index (χ0) is 22.0. The Bertz CT molecular complexity index is 899. The number of H-pyrrole nitrogens is 1. The van der Waals surface area contributed by atoms with E-state index >= 15 is 0 Å². The SMILES string of the molecule is Cc1nc(CCNC(=O)C[C@@H]2OC[C@H]3CN(Cc4ncc(C(F)(F)F)[nH]4)CC[C@H]32)no1. The van der Waals surface area contributed by atoms with Gasteiger partial charge in [0.1, 0.15) is 11.5 Å². The van der Waals surface area contributed by atoms with E-state index in [0.29, 0.717) is 56.6 Å². The minimum absolute atomic E-state index is 0.0800. The highest BCUT2D eigenvalue weighted by Gasteiger charge is 2.41. The van der Waals surface area contributed by atoms with Crippen molar-refractivity contribution >= 4 is 5.91 Å². The average molecular weight is 442 g/mol. The molecule has 2 fully saturated rings. The van der Waals surface area contributed by atoms with E-state index in [-0.39, 0.29) is 23.8 Å². The molecule has 0 saturated carbocycles. The van der Waals surface area contributed by atoms with Crippen molar-refractivity contribution in [3.63, 3.8) is 0 Å². The number of aromatic nitrogens is 4. The quantitative estimate of drug-likeness (QED) is 0.672. The first-order valence-corrected chi connectivity index (χ1v) is 10.3. The molecule has 2 aromatic heterocycles. The van der Waals surface area contributed by atoms with Gasteiger partial charge in [-0.1, -0.05) is 5.16 Å². The van der Waals surface area contributed by atoms with Crippen LogP contribution in [0.15, 0.2) is 10.7 Å². The number of imidazole rings is 1. The molecule has 9 nitrogen and oxygen atoms in total. The first kappa shape index (κ1) is 21.8. The van der Waals surface area contributed by atoms with Crippen LogP contribution in [0.25, 0.3) is 0 Å². The van der Waals surface area contributed by atoms with Crippen molar-refractivity contribution < 1.29 is 27.2 Å². The Labute approximate surface area is 176 Å². The van der Waals surface area contributed by atoms with E-state index in [2.05, 4.69) is 30.3 Å². The lowest BCUT2D eigenvalue weighted by molar-refractivity contribution is -0.141. The van der Waals surface area contributed by atoms with Crippen molar-refractivity contribution in [1.29, 1.82) is 0 Å². The van der Waals surface area contributed by atoms with Crippen molar-refractivity contribution in [2.45, 2.75) is 45.0 Å². The maximum atomic E-state index is 12.7. The molecule has 0 unspecified atom stereocenters. The topological polar surface area (TPSA) is 109 Å². The summed E-state index contributed by atoms with van der Waals surface area (Å²) in [7, 11) is 0. The van der Waals surface area contributed by atoms with Crippen LogP contribution in [-0.2, 0) is 28.7 Å². The lowest BCUT2D eigenvalue weighted by atomic mass is 9.83. The van der Waals surface area contributed by atoms with E-state index in [0.717, 1.165) is 19.2 Å². The summed E-state index contributed by atoms with van der Waals surface area (Å²) >= 11 is 0. The number of nitrogens with zero attached hydrogens (tertiary/aromatic N) is 4. The minimum Gasteiger partial charge on any atom is -0.377 e. The van der Waals surface area contributed by atoms with Crippen LogP contribution in [0.1, 0.15) is 36.1 Å². The largest absolute Gasteiger partial charge is 0.432 e. The predicted octanol–water partition coefficient (Wildman–Crippen LogP) is 1.71. The number of carbonyl (C=O) groups excluding carboxylic acids is 1. The monoisotopic (exact) mass is 442 g/mol. The molecule has 0 aliphatic carbocycles. The van der Waals surface area contributed by atoms with Gasteiger partial charge < -0.3 is 19.6 Å². The molecule has 2 aliphatic heterocycles. The van der Waals surface area contributed by atoms with Crippen molar-refractivity contribution in [2.24, 2.45) is 11.8 Å². The molecule has 2 aliphatic rings. The molecule has 2 N–H and O–H groups in total. The van der Waals surface area contributed by atoms with Gasteiger partial charge in [0, 0.05) is 32.4 Å². The number of rotatable bonds is 7. The molecule has 1 amide bonds. The number of hydrogen-bond acceptors (Lipinski definition) is 7. The lowest BCUT2D eigenvalue weighted by Gasteiger charge is -2.35. The van der Waals surface area contributed by atoms with E-state index in [4.69, 9.17) is 9.26 Å². The fraction of sp³-hybridized carbons (Fsp3) is 0.684. The smallest absolute Gasteiger partial charge is 0.377 e. The van der Waals surface area contributed by atoms with Gasteiger partial charge in [0.25, 0.3) is 0 Å². The third kappa shape index (κ3) is 5.42. The van der Waals surface area contributed by atoms with Crippen LogP contribution >= 0.6 is 0 Å². The molecule has 2 saturated heterocycles. The van der Waals surface area contributed by atoms with E-state index in [9.17, 15) is 18.0 Å². The Kier molecular flexibility index (Phi) is 6.28. The van der Waals surface area contributed by atoms with E-state index in [1.807, 2.05) is 0 Å². The van der Waals surface area contributed by atoms with Crippen molar-refractivity contribution in [1.82, 2.24) is 30.3 Å². The van der Waals surface area contributed by atoms with Crippen molar-refractivity contribution in [2.75, 3.05) is 26.2 Å². The fourth-order valence-electron chi connectivity index (χ4n) is 4.33. The number of fused-ring (bicyclic) bond motifs is 1. The second kappa shape index (κ2) is 8.95. The molecule has 12 heteroatoms. The zero-order valence-corrected chi connectivity index (χ0v) is 17.1. The number of amides is 1. The third-order valence-corrected chi connectivity index (χ3v) is 5.81. The molecule has 2 aromatic rings. The molecular formula is C19H25F3N6O3. The molecule has 4 heterocycles. The van der Waals surface area contributed by atoms with Gasteiger partial charge in [0.15, 0.2) is 5.82 Å². The zero-order valence-electron chi connectivity index (χ0n) is 17.1. The summed E-state index contributed by atoms with van der Waals surface area (Å²) in [5, 5.41) is 6.65. The molecule has 0 aromatic carbocycles. The molecule has 0 radical (unpaired) electrons. The van der Waals surface area contributed by atoms with Gasteiger partial charge in [-0.3, -0.25) is 9.69 Å². The normalized spacial score (nSPS) is 24.3. The highest BCUT2D eigenvalue weighted by Crippen LogP contribution is 2.36. The number of halogens is 3. The lowest BCUT2D eigenvalue weighted by Crippen LogP contribution is -2.42. The molecule has 3 atom stereocenters. The molecule has 4 rings (SSSR count). The fourth-order valence-corrected chi connectivity index (χ4v) is 4.33. The van der Waals surface area contributed by atoms with Gasteiger partial charge in [0.05, 0.1) is 31.9 Å². The summed E-state index contributed by atoms with van der Waals surface area (Å²) in [5.41, 5.74) is -0.831. The predicted molar refractivity (Wildman–Crippen MR) is 101 cm³/mol. The molecule has 170 valence electrons. The average Bonchev–Trinajstić information content (AvgIpc) is 3.42. The minimum atomic E-state index is -4.42. The number of carbonyl (C=O) groups is 1. The van der Waals surface area contributed by atoms with Gasteiger partial charge in [-0.25, -0.2) is 4.98 Å². The second-order valence-electron chi connectivity index (χ2n) is 8.09. The second-order valence-corrected chi connectivity index (χ2v) is 8.09. The van der Waals surface area contributed by atoms with E-state index in [1.54, 1.807) is 6.92 Å². The Morgan fingerprint density at radius 1 is 1.42 bits per heavy atom. The number of ether oxygens (including phenoxy) is 1. The van der Waals surface area contributed by atoms with Gasteiger partial charge in [-0.15, -0.1) is 0 Å². The number of likely N-dealkylation sites (tertiary alicyclic amines) is 1.